The molecule has 25 heavy (non-hydrogen) atoms. The molecule has 0 bridgehead atoms. The van der Waals surface area contributed by atoms with Crippen molar-refractivity contribution in [3.63, 3.8) is 0 Å². The molecule has 0 spiro atoms. The van der Waals surface area contributed by atoms with Crippen LogP contribution < -0.4 is 5.32 Å². The molecule has 2 heterocycles. The Morgan fingerprint density at radius 2 is 2.12 bits per heavy atom. The van der Waals surface area contributed by atoms with Crippen molar-refractivity contribution >= 4 is 45.9 Å². The zero-order chi connectivity index (χ0) is 17.4. The Morgan fingerprint density at radius 3 is 2.72 bits per heavy atom. The van der Waals surface area contributed by atoms with Crippen LogP contribution in [0.5, 0.6) is 0 Å². The quantitative estimate of drug-likeness (QED) is 0.256. The van der Waals surface area contributed by atoms with Crippen molar-refractivity contribution in [2.75, 3.05) is 53.0 Å². The number of nitrogens with one attached hydrogen (secondary N) is 1. The molecule has 0 radical (unpaired) electrons. The van der Waals surface area contributed by atoms with Gasteiger partial charge in [0.05, 0.1) is 19.8 Å². The normalized spacial score (nSPS) is 15.8. The molecule has 1 aromatic heterocycles. The number of morpholine rings is 1. The van der Waals surface area contributed by atoms with Crippen LogP contribution >= 0.6 is 39.9 Å². The molecule has 0 atom stereocenters. The number of rotatable bonds is 7. The van der Waals surface area contributed by atoms with Gasteiger partial charge in [0.25, 0.3) is 0 Å². The van der Waals surface area contributed by atoms with Gasteiger partial charge in [-0.15, -0.1) is 24.0 Å². The molecule has 0 unspecified atom stereocenters. The van der Waals surface area contributed by atoms with Crippen molar-refractivity contribution in [2.45, 2.75) is 19.9 Å². The van der Waals surface area contributed by atoms with E-state index in [0.717, 1.165) is 69.3 Å². The molecule has 1 aliphatic heterocycles. The third-order valence-electron chi connectivity index (χ3n) is 4.17. The van der Waals surface area contributed by atoms with E-state index in [1.54, 1.807) is 0 Å². The Hall–Kier alpha value is -0.320. The lowest BCUT2D eigenvalue weighted by molar-refractivity contribution is 0.0377. The standard InChI is InChI=1S/C17H30BrN5O.HI/c1-4-19-17(20-6-5-7-23-8-10-24-11-9-23)22(3)14-16-12-15(18)13-21(16)2;/h12-13H,4-11,14H2,1-3H3,(H,19,20);1H. The highest BCUT2D eigenvalue weighted by Gasteiger charge is 2.11. The van der Waals surface area contributed by atoms with E-state index in [4.69, 9.17) is 9.73 Å². The first-order valence-corrected chi connectivity index (χ1v) is 9.49. The van der Waals surface area contributed by atoms with Gasteiger partial charge in [-0.2, -0.15) is 0 Å². The van der Waals surface area contributed by atoms with Crippen LogP contribution in [0.1, 0.15) is 19.0 Å². The summed E-state index contributed by atoms with van der Waals surface area (Å²) in [6.07, 6.45) is 3.16. The highest BCUT2D eigenvalue weighted by molar-refractivity contribution is 14.0. The molecule has 8 heteroatoms. The third-order valence-corrected chi connectivity index (χ3v) is 4.60. The van der Waals surface area contributed by atoms with Gasteiger partial charge in [0.15, 0.2) is 5.96 Å². The van der Waals surface area contributed by atoms with E-state index in [1.165, 1.54) is 5.69 Å². The SMILES string of the molecule is CCNC(=NCCCN1CCOCC1)N(C)Cc1cc(Br)cn1C.I. The number of halogens is 2. The molecule has 0 aromatic carbocycles. The van der Waals surface area contributed by atoms with Crippen LogP contribution in [0.4, 0.5) is 0 Å². The zero-order valence-electron chi connectivity index (χ0n) is 15.5. The first kappa shape index (κ1) is 22.7. The van der Waals surface area contributed by atoms with Crippen LogP contribution in [0.3, 0.4) is 0 Å². The Bertz CT molecular complexity index is 531. The number of ether oxygens (including phenoxy) is 1. The summed E-state index contributed by atoms with van der Waals surface area (Å²) in [6, 6.07) is 2.15. The first-order valence-electron chi connectivity index (χ1n) is 8.70. The number of aromatic nitrogens is 1. The summed E-state index contributed by atoms with van der Waals surface area (Å²) in [5.74, 6) is 0.969. The van der Waals surface area contributed by atoms with Crippen LogP contribution in [-0.2, 0) is 18.3 Å². The zero-order valence-corrected chi connectivity index (χ0v) is 19.4. The number of hydrogen-bond donors (Lipinski definition) is 1. The summed E-state index contributed by atoms with van der Waals surface area (Å²) in [4.78, 5) is 9.42. The molecule has 1 fully saturated rings. The molecule has 0 amide bonds. The maximum Gasteiger partial charge on any atom is 0.194 e. The second-order valence-electron chi connectivity index (χ2n) is 6.16. The summed E-state index contributed by atoms with van der Waals surface area (Å²) in [5.41, 5.74) is 1.25. The number of aliphatic imine (C=N–C) groups is 1. The van der Waals surface area contributed by atoms with E-state index in [-0.39, 0.29) is 24.0 Å². The summed E-state index contributed by atoms with van der Waals surface area (Å²) in [7, 11) is 4.16. The highest BCUT2D eigenvalue weighted by atomic mass is 127. The van der Waals surface area contributed by atoms with Crippen molar-refractivity contribution in [3.8, 4) is 0 Å². The minimum Gasteiger partial charge on any atom is -0.379 e. The van der Waals surface area contributed by atoms with E-state index in [9.17, 15) is 0 Å². The van der Waals surface area contributed by atoms with Crippen LogP contribution in [0.25, 0.3) is 0 Å². The smallest absolute Gasteiger partial charge is 0.194 e. The Labute approximate surface area is 177 Å². The summed E-state index contributed by atoms with van der Waals surface area (Å²) >= 11 is 3.53. The van der Waals surface area contributed by atoms with Gasteiger partial charge in [0, 0.05) is 63.2 Å². The molecule has 2 rings (SSSR count). The fraction of sp³-hybridized carbons (Fsp3) is 0.706. The van der Waals surface area contributed by atoms with E-state index >= 15 is 0 Å². The van der Waals surface area contributed by atoms with Gasteiger partial charge in [-0.05, 0) is 35.3 Å². The fourth-order valence-electron chi connectivity index (χ4n) is 2.81. The lowest BCUT2D eigenvalue weighted by atomic mass is 10.3. The average molecular weight is 528 g/mol. The summed E-state index contributed by atoms with van der Waals surface area (Å²) < 4.78 is 8.64. The lowest BCUT2D eigenvalue weighted by Crippen LogP contribution is -2.39. The van der Waals surface area contributed by atoms with Gasteiger partial charge in [-0.25, -0.2) is 0 Å². The maximum absolute atomic E-state index is 5.38. The lowest BCUT2D eigenvalue weighted by Gasteiger charge is -2.26. The maximum atomic E-state index is 5.38. The number of nitrogens with zero attached hydrogens (tertiary/aromatic N) is 4. The highest BCUT2D eigenvalue weighted by Crippen LogP contribution is 2.15. The van der Waals surface area contributed by atoms with Gasteiger partial charge in [0.2, 0.25) is 0 Å². The molecule has 0 aliphatic carbocycles. The van der Waals surface area contributed by atoms with Gasteiger partial charge in [-0.3, -0.25) is 9.89 Å². The van der Waals surface area contributed by atoms with E-state index in [0.29, 0.717) is 0 Å². The minimum absolute atomic E-state index is 0. The molecule has 6 nitrogen and oxygen atoms in total. The van der Waals surface area contributed by atoms with Crippen LogP contribution in [-0.4, -0.2) is 73.3 Å². The number of guanidine groups is 1. The Balaban J connectivity index is 0.00000312. The number of aryl methyl sites for hydroxylation is 1. The second kappa shape index (κ2) is 12.1. The number of hydrogen-bond acceptors (Lipinski definition) is 3. The van der Waals surface area contributed by atoms with Gasteiger partial charge < -0.3 is 19.5 Å². The van der Waals surface area contributed by atoms with E-state index < -0.39 is 0 Å². The van der Waals surface area contributed by atoms with Crippen molar-refractivity contribution in [1.82, 2.24) is 19.7 Å². The minimum atomic E-state index is 0. The van der Waals surface area contributed by atoms with Gasteiger partial charge in [0.1, 0.15) is 0 Å². The first-order chi connectivity index (χ1) is 11.6. The molecule has 144 valence electrons. The second-order valence-corrected chi connectivity index (χ2v) is 7.08. The van der Waals surface area contributed by atoms with Gasteiger partial charge >= 0.3 is 0 Å². The average Bonchev–Trinajstić information content (AvgIpc) is 2.88. The van der Waals surface area contributed by atoms with Crippen LogP contribution in [0.2, 0.25) is 0 Å². The van der Waals surface area contributed by atoms with Crippen LogP contribution in [0.15, 0.2) is 21.7 Å². The predicted octanol–water partition coefficient (Wildman–Crippen LogP) is 2.53. The van der Waals surface area contributed by atoms with Crippen molar-refractivity contribution in [1.29, 1.82) is 0 Å². The molecule has 1 aliphatic rings. The van der Waals surface area contributed by atoms with Crippen molar-refractivity contribution < 1.29 is 4.74 Å². The molecule has 1 N–H and O–H groups in total. The summed E-state index contributed by atoms with van der Waals surface area (Å²) in [6.45, 7) is 9.58. The predicted molar refractivity (Wildman–Crippen MR) is 118 cm³/mol. The Morgan fingerprint density at radius 1 is 1.40 bits per heavy atom. The molecule has 0 saturated carbocycles. The summed E-state index contributed by atoms with van der Waals surface area (Å²) in [5, 5.41) is 3.39. The Kier molecular flexibility index (Phi) is 11.0. The molecular weight excluding hydrogens is 497 g/mol. The molecule has 1 aromatic rings. The molecule has 1 saturated heterocycles. The van der Waals surface area contributed by atoms with Gasteiger partial charge in [-0.1, -0.05) is 0 Å². The molecular formula is C17H31BrIN5O. The van der Waals surface area contributed by atoms with Crippen LogP contribution in [0, 0.1) is 0 Å². The fourth-order valence-corrected chi connectivity index (χ4v) is 3.39. The van der Waals surface area contributed by atoms with E-state index in [1.807, 2.05) is 0 Å². The topological polar surface area (TPSA) is 45.0 Å². The van der Waals surface area contributed by atoms with E-state index in [2.05, 4.69) is 68.9 Å². The van der Waals surface area contributed by atoms with Crippen molar-refractivity contribution in [2.24, 2.45) is 12.0 Å². The monoisotopic (exact) mass is 527 g/mol. The third kappa shape index (κ3) is 7.84. The largest absolute Gasteiger partial charge is 0.379 e. The van der Waals surface area contributed by atoms with Crippen molar-refractivity contribution in [3.05, 3.63) is 22.4 Å².